The smallest absolute Gasteiger partial charge is 0.325 e. The minimum absolute atomic E-state index is 0.229. The van der Waals surface area contributed by atoms with Crippen LogP contribution < -0.4 is 5.73 Å². The Morgan fingerprint density at radius 3 is 2.16 bits per heavy atom. The highest BCUT2D eigenvalue weighted by Gasteiger charge is 2.48. The average molecular weight is 277 g/mol. The molecular weight excluding hydrogens is 251 g/mol. The van der Waals surface area contributed by atoms with Gasteiger partial charge in [-0.2, -0.15) is 13.2 Å². The van der Waals surface area contributed by atoms with E-state index in [0.29, 0.717) is 24.7 Å². The highest BCUT2D eigenvalue weighted by Crippen LogP contribution is 2.48. The summed E-state index contributed by atoms with van der Waals surface area (Å²) < 4.78 is 38.2. The molecule has 1 nitrogen and oxygen atoms in total. The standard InChI is InChI=1S/C15H26F3N/c1-2-11-5-3-4-6-13(11)14(19)9-7-12(8-10-14)15(16,17)18/h11-13H,2-10,19H2,1H3. The molecule has 0 bridgehead atoms. The van der Waals surface area contributed by atoms with Crippen LogP contribution in [0.25, 0.3) is 0 Å². The molecule has 0 heterocycles. The van der Waals surface area contributed by atoms with Crippen LogP contribution >= 0.6 is 0 Å². The molecule has 0 saturated heterocycles. The molecule has 4 heteroatoms. The summed E-state index contributed by atoms with van der Waals surface area (Å²) >= 11 is 0. The van der Waals surface area contributed by atoms with Crippen molar-refractivity contribution in [2.24, 2.45) is 23.5 Å². The lowest BCUT2D eigenvalue weighted by Gasteiger charge is -2.48. The fourth-order valence-electron chi connectivity index (χ4n) is 4.31. The fraction of sp³-hybridized carbons (Fsp3) is 1.00. The van der Waals surface area contributed by atoms with Crippen molar-refractivity contribution >= 4 is 0 Å². The minimum atomic E-state index is -4.03. The predicted molar refractivity (Wildman–Crippen MR) is 70.7 cm³/mol. The number of hydrogen-bond donors (Lipinski definition) is 1. The molecule has 0 aromatic rings. The normalized spacial score (nSPS) is 41.2. The van der Waals surface area contributed by atoms with Gasteiger partial charge in [-0.15, -0.1) is 0 Å². The minimum Gasteiger partial charge on any atom is -0.325 e. The highest BCUT2D eigenvalue weighted by atomic mass is 19.4. The molecule has 0 aliphatic heterocycles. The Kier molecular flexibility index (Phi) is 4.49. The molecule has 0 amide bonds. The Labute approximate surface area is 114 Å². The first kappa shape index (κ1) is 15.1. The third-order valence-corrected chi connectivity index (χ3v) is 5.55. The summed E-state index contributed by atoms with van der Waals surface area (Å²) in [4.78, 5) is 0. The number of rotatable bonds is 2. The van der Waals surface area contributed by atoms with E-state index in [2.05, 4.69) is 6.92 Å². The first-order chi connectivity index (χ1) is 8.87. The van der Waals surface area contributed by atoms with Crippen molar-refractivity contribution < 1.29 is 13.2 Å². The van der Waals surface area contributed by atoms with Gasteiger partial charge in [-0.1, -0.05) is 32.6 Å². The van der Waals surface area contributed by atoms with Gasteiger partial charge in [0.1, 0.15) is 0 Å². The summed E-state index contributed by atoms with van der Waals surface area (Å²) in [6.07, 6.45) is 3.44. The summed E-state index contributed by atoms with van der Waals surface area (Å²) in [7, 11) is 0. The van der Waals surface area contributed by atoms with Crippen LogP contribution in [0.15, 0.2) is 0 Å². The van der Waals surface area contributed by atoms with Gasteiger partial charge in [0, 0.05) is 5.54 Å². The molecule has 2 unspecified atom stereocenters. The zero-order valence-corrected chi connectivity index (χ0v) is 11.8. The molecule has 0 aromatic heterocycles. The summed E-state index contributed by atoms with van der Waals surface area (Å²) in [5.74, 6) is -0.0468. The molecule has 2 saturated carbocycles. The number of halogens is 3. The molecule has 2 rings (SSSR count). The van der Waals surface area contributed by atoms with Crippen molar-refractivity contribution in [2.75, 3.05) is 0 Å². The number of hydrogen-bond acceptors (Lipinski definition) is 1. The molecule has 2 N–H and O–H groups in total. The summed E-state index contributed by atoms with van der Waals surface area (Å²) in [6.45, 7) is 2.19. The summed E-state index contributed by atoms with van der Waals surface area (Å²) in [5.41, 5.74) is 6.21. The van der Waals surface area contributed by atoms with E-state index in [4.69, 9.17) is 5.73 Å². The topological polar surface area (TPSA) is 26.0 Å². The van der Waals surface area contributed by atoms with Gasteiger partial charge in [-0.3, -0.25) is 0 Å². The molecule has 0 spiro atoms. The van der Waals surface area contributed by atoms with Gasteiger partial charge in [-0.05, 0) is 43.9 Å². The highest BCUT2D eigenvalue weighted by molar-refractivity contribution is 4.99. The van der Waals surface area contributed by atoms with Crippen LogP contribution in [0.2, 0.25) is 0 Å². The zero-order valence-electron chi connectivity index (χ0n) is 11.8. The monoisotopic (exact) mass is 277 g/mol. The van der Waals surface area contributed by atoms with Crippen LogP contribution in [0.3, 0.4) is 0 Å². The van der Waals surface area contributed by atoms with E-state index in [1.165, 1.54) is 19.3 Å². The lowest BCUT2D eigenvalue weighted by molar-refractivity contribution is -0.186. The molecule has 2 atom stereocenters. The predicted octanol–water partition coefficient (Wildman–Crippen LogP) is 4.65. The summed E-state index contributed by atoms with van der Waals surface area (Å²) in [6, 6.07) is 0. The third kappa shape index (κ3) is 3.26. The van der Waals surface area contributed by atoms with Gasteiger partial charge in [0.05, 0.1) is 5.92 Å². The van der Waals surface area contributed by atoms with E-state index < -0.39 is 12.1 Å². The van der Waals surface area contributed by atoms with Crippen molar-refractivity contribution in [3.63, 3.8) is 0 Å². The van der Waals surface area contributed by atoms with E-state index in [-0.39, 0.29) is 18.4 Å². The lowest BCUT2D eigenvalue weighted by Crippen LogP contribution is -2.54. The van der Waals surface area contributed by atoms with Gasteiger partial charge in [0.15, 0.2) is 0 Å². The second-order valence-electron chi connectivity index (χ2n) is 6.61. The maximum atomic E-state index is 12.7. The Hall–Kier alpha value is -0.250. The second kappa shape index (κ2) is 5.63. The van der Waals surface area contributed by atoms with Gasteiger partial charge in [0.2, 0.25) is 0 Å². The Morgan fingerprint density at radius 2 is 1.63 bits per heavy atom. The molecule has 2 aliphatic carbocycles. The fourth-order valence-corrected chi connectivity index (χ4v) is 4.31. The van der Waals surface area contributed by atoms with Crippen LogP contribution in [-0.4, -0.2) is 11.7 Å². The first-order valence-corrected chi connectivity index (χ1v) is 7.72. The quantitative estimate of drug-likeness (QED) is 0.781. The maximum Gasteiger partial charge on any atom is 0.391 e. The second-order valence-corrected chi connectivity index (χ2v) is 6.61. The molecule has 112 valence electrons. The van der Waals surface area contributed by atoms with E-state index in [0.717, 1.165) is 12.8 Å². The van der Waals surface area contributed by atoms with E-state index in [1.54, 1.807) is 0 Å². The van der Waals surface area contributed by atoms with Crippen molar-refractivity contribution in [3.05, 3.63) is 0 Å². The van der Waals surface area contributed by atoms with Crippen LogP contribution in [-0.2, 0) is 0 Å². The molecule has 0 radical (unpaired) electrons. The largest absolute Gasteiger partial charge is 0.391 e. The van der Waals surface area contributed by atoms with Crippen LogP contribution in [0.1, 0.15) is 64.7 Å². The van der Waals surface area contributed by atoms with Crippen molar-refractivity contribution in [2.45, 2.75) is 76.4 Å². The van der Waals surface area contributed by atoms with Gasteiger partial charge < -0.3 is 5.73 Å². The molecule has 19 heavy (non-hydrogen) atoms. The molecule has 2 aliphatic rings. The van der Waals surface area contributed by atoms with Gasteiger partial charge >= 0.3 is 6.18 Å². The Balaban J connectivity index is 2.00. The SMILES string of the molecule is CCC1CCCCC1C1(N)CCC(C(F)(F)F)CC1. The van der Waals surface area contributed by atoms with Crippen molar-refractivity contribution in [1.82, 2.24) is 0 Å². The van der Waals surface area contributed by atoms with Crippen LogP contribution in [0, 0.1) is 17.8 Å². The first-order valence-electron chi connectivity index (χ1n) is 7.72. The third-order valence-electron chi connectivity index (χ3n) is 5.55. The van der Waals surface area contributed by atoms with Crippen LogP contribution in [0.5, 0.6) is 0 Å². The van der Waals surface area contributed by atoms with Gasteiger partial charge in [0.25, 0.3) is 0 Å². The Bertz CT molecular complexity index is 292. The Morgan fingerprint density at radius 1 is 1.05 bits per heavy atom. The lowest BCUT2D eigenvalue weighted by atomic mass is 9.61. The van der Waals surface area contributed by atoms with Crippen molar-refractivity contribution in [1.29, 1.82) is 0 Å². The summed E-state index contributed by atoms with van der Waals surface area (Å²) in [5, 5.41) is 0. The molecular formula is C15H26F3N. The van der Waals surface area contributed by atoms with Crippen LogP contribution in [0.4, 0.5) is 13.2 Å². The van der Waals surface area contributed by atoms with Crippen molar-refractivity contribution in [3.8, 4) is 0 Å². The average Bonchev–Trinajstić information content (AvgIpc) is 2.38. The molecule has 2 fully saturated rings. The van der Waals surface area contributed by atoms with Gasteiger partial charge in [-0.25, -0.2) is 0 Å². The maximum absolute atomic E-state index is 12.7. The van der Waals surface area contributed by atoms with E-state index in [1.807, 2.05) is 0 Å². The zero-order chi connectivity index (χ0) is 14.1. The van der Waals surface area contributed by atoms with E-state index >= 15 is 0 Å². The number of nitrogens with two attached hydrogens (primary N) is 1. The molecule has 0 aromatic carbocycles. The van der Waals surface area contributed by atoms with E-state index in [9.17, 15) is 13.2 Å². The number of alkyl halides is 3.